The van der Waals surface area contributed by atoms with Gasteiger partial charge in [-0.05, 0) is 26.2 Å². The van der Waals surface area contributed by atoms with Crippen molar-refractivity contribution in [2.45, 2.75) is 39.2 Å². The monoisotopic (exact) mass is 290 g/mol. The van der Waals surface area contributed by atoms with E-state index in [0.717, 1.165) is 49.2 Å². The Labute approximate surface area is 123 Å². The highest BCUT2D eigenvalue weighted by Crippen LogP contribution is 2.27. The van der Waals surface area contributed by atoms with Gasteiger partial charge in [0.1, 0.15) is 11.6 Å². The molecule has 2 N–H and O–H groups in total. The summed E-state index contributed by atoms with van der Waals surface area (Å²) in [4.78, 5) is 19.0. The number of rotatable bonds is 3. The molecule has 1 aliphatic heterocycles. The number of nitrogens with zero attached hydrogens (tertiary/aromatic N) is 5. The van der Waals surface area contributed by atoms with Crippen molar-refractivity contribution in [1.82, 2.24) is 24.2 Å². The van der Waals surface area contributed by atoms with Gasteiger partial charge in [-0.25, -0.2) is 4.98 Å². The lowest BCUT2D eigenvalue weighted by molar-refractivity contribution is -0.133. The molecule has 7 heteroatoms. The number of aromatic nitrogens is 4. The minimum absolute atomic E-state index is 0.109. The Kier molecular flexibility index (Phi) is 3.35. The zero-order chi connectivity index (χ0) is 15.1. The van der Waals surface area contributed by atoms with Crippen LogP contribution in [0.25, 0.3) is 11.2 Å². The van der Waals surface area contributed by atoms with Crippen LogP contribution >= 0.6 is 0 Å². The summed E-state index contributed by atoms with van der Waals surface area (Å²) in [6.07, 6.45) is 2.96. The van der Waals surface area contributed by atoms with Gasteiger partial charge in [0.15, 0.2) is 5.65 Å². The van der Waals surface area contributed by atoms with Gasteiger partial charge in [0, 0.05) is 20.1 Å². The molecule has 1 aliphatic rings. The van der Waals surface area contributed by atoms with Crippen LogP contribution in [0.15, 0.2) is 0 Å². The first-order valence-corrected chi connectivity index (χ1v) is 7.52. The van der Waals surface area contributed by atoms with Crippen LogP contribution in [0, 0.1) is 0 Å². The lowest BCUT2D eigenvalue weighted by atomic mass is 10.2. The van der Waals surface area contributed by atoms with Crippen LogP contribution < -0.4 is 5.73 Å². The van der Waals surface area contributed by atoms with Crippen LogP contribution in [0.2, 0.25) is 0 Å². The molecule has 0 aliphatic carbocycles. The topological polar surface area (TPSA) is 82.0 Å². The highest BCUT2D eigenvalue weighted by molar-refractivity contribution is 5.85. The Morgan fingerprint density at radius 3 is 2.67 bits per heavy atom. The van der Waals surface area contributed by atoms with E-state index in [1.165, 1.54) is 0 Å². The molecule has 1 fully saturated rings. The van der Waals surface area contributed by atoms with Crippen LogP contribution in [0.4, 0.5) is 5.95 Å². The molecule has 0 bridgehead atoms. The lowest BCUT2D eigenvalue weighted by Gasteiger charge is -2.22. The van der Waals surface area contributed by atoms with Gasteiger partial charge in [0.2, 0.25) is 11.9 Å². The summed E-state index contributed by atoms with van der Waals surface area (Å²) in [5, 5.41) is 4.46. The molecule has 0 radical (unpaired) electrons. The Hall–Kier alpha value is -2.05. The quantitative estimate of drug-likeness (QED) is 0.917. The van der Waals surface area contributed by atoms with Crippen LogP contribution in [0.5, 0.6) is 0 Å². The van der Waals surface area contributed by atoms with E-state index < -0.39 is 0 Å². The van der Waals surface area contributed by atoms with Crippen LogP contribution in [0.3, 0.4) is 0 Å². The Bertz CT molecular complexity index is 679. The van der Waals surface area contributed by atoms with Gasteiger partial charge >= 0.3 is 0 Å². The van der Waals surface area contributed by atoms with Crippen LogP contribution in [0.1, 0.15) is 38.4 Å². The molecule has 3 rings (SSSR count). The van der Waals surface area contributed by atoms with Crippen molar-refractivity contribution in [3.63, 3.8) is 0 Å². The van der Waals surface area contributed by atoms with Gasteiger partial charge in [0.05, 0.1) is 5.69 Å². The van der Waals surface area contributed by atoms with Crippen molar-refractivity contribution in [3.05, 3.63) is 5.69 Å². The maximum Gasteiger partial charge on any atom is 0.245 e. The third-order valence-corrected chi connectivity index (χ3v) is 4.26. The third kappa shape index (κ3) is 2.07. The summed E-state index contributed by atoms with van der Waals surface area (Å²) in [5.41, 5.74) is 8.61. The van der Waals surface area contributed by atoms with Gasteiger partial charge in [-0.3, -0.25) is 14.0 Å². The van der Waals surface area contributed by atoms with Crippen molar-refractivity contribution in [3.8, 4) is 0 Å². The Morgan fingerprint density at radius 1 is 1.38 bits per heavy atom. The number of anilines is 1. The summed E-state index contributed by atoms with van der Waals surface area (Å²) in [7, 11) is 1.87. The van der Waals surface area contributed by atoms with Crippen LogP contribution in [-0.2, 0) is 18.3 Å². The number of likely N-dealkylation sites (tertiary alicyclic amines) is 1. The number of nitrogen functional groups attached to an aromatic ring is 1. The Morgan fingerprint density at radius 2 is 2.05 bits per heavy atom. The maximum absolute atomic E-state index is 12.6. The van der Waals surface area contributed by atoms with Gasteiger partial charge in [0.25, 0.3) is 0 Å². The van der Waals surface area contributed by atoms with E-state index in [-0.39, 0.29) is 11.9 Å². The molecule has 21 heavy (non-hydrogen) atoms. The van der Waals surface area contributed by atoms with Crippen molar-refractivity contribution in [2.24, 2.45) is 7.05 Å². The van der Waals surface area contributed by atoms with Gasteiger partial charge in [-0.1, -0.05) is 6.92 Å². The summed E-state index contributed by atoms with van der Waals surface area (Å²) < 4.78 is 3.58. The van der Waals surface area contributed by atoms with E-state index >= 15 is 0 Å². The van der Waals surface area contributed by atoms with Gasteiger partial charge in [-0.2, -0.15) is 5.10 Å². The maximum atomic E-state index is 12.6. The summed E-state index contributed by atoms with van der Waals surface area (Å²) in [6.45, 7) is 5.60. The molecule has 1 saturated heterocycles. The number of hydrogen-bond acceptors (Lipinski definition) is 4. The lowest BCUT2D eigenvalue weighted by Crippen LogP contribution is -2.34. The van der Waals surface area contributed by atoms with Crippen molar-refractivity contribution in [1.29, 1.82) is 0 Å². The number of nitrogens with two attached hydrogens (primary N) is 1. The van der Waals surface area contributed by atoms with Crippen molar-refractivity contribution in [2.75, 3.05) is 18.8 Å². The molecule has 1 amide bonds. The molecule has 0 spiro atoms. The second kappa shape index (κ2) is 5.05. The average molecular weight is 290 g/mol. The first-order chi connectivity index (χ1) is 10.0. The molecular formula is C14H22N6O. The normalized spacial score (nSPS) is 16.8. The molecule has 2 aromatic rings. The minimum Gasteiger partial charge on any atom is -0.369 e. The van der Waals surface area contributed by atoms with Gasteiger partial charge < -0.3 is 10.6 Å². The molecule has 2 aromatic heterocycles. The number of hydrogen-bond donors (Lipinski definition) is 1. The first kappa shape index (κ1) is 13.9. The molecule has 0 saturated carbocycles. The minimum atomic E-state index is -0.354. The predicted octanol–water partition coefficient (Wildman–Crippen LogP) is 1.10. The number of carbonyl (C=O) groups excluding carboxylic acids is 1. The first-order valence-electron chi connectivity index (χ1n) is 7.52. The van der Waals surface area contributed by atoms with E-state index in [2.05, 4.69) is 10.1 Å². The molecule has 1 atom stereocenters. The van der Waals surface area contributed by atoms with E-state index in [0.29, 0.717) is 5.95 Å². The zero-order valence-corrected chi connectivity index (χ0v) is 12.8. The summed E-state index contributed by atoms with van der Waals surface area (Å²) >= 11 is 0. The largest absolute Gasteiger partial charge is 0.369 e. The molecule has 7 nitrogen and oxygen atoms in total. The highest BCUT2D eigenvalue weighted by atomic mass is 16.2. The van der Waals surface area contributed by atoms with E-state index in [1.807, 2.05) is 30.4 Å². The van der Waals surface area contributed by atoms with Crippen LogP contribution in [-0.4, -0.2) is 43.2 Å². The van der Waals surface area contributed by atoms with Crippen molar-refractivity contribution >= 4 is 23.0 Å². The fraction of sp³-hybridized carbons (Fsp3) is 0.643. The Balaban J connectivity index is 2.04. The molecule has 0 aromatic carbocycles. The summed E-state index contributed by atoms with van der Waals surface area (Å²) in [5.74, 6) is 0.491. The number of aryl methyl sites for hydroxylation is 2. The SMILES string of the molecule is CCc1nn(C)c2c1nc(N)n2C(C)C(=O)N1CCCC1. The van der Waals surface area contributed by atoms with E-state index in [4.69, 9.17) is 5.73 Å². The van der Waals surface area contributed by atoms with Gasteiger partial charge in [-0.15, -0.1) is 0 Å². The molecule has 3 heterocycles. The second-order valence-electron chi connectivity index (χ2n) is 5.64. The molecule has 114 valence electrons. The third-order valence-electron chi connectivity index (χ3n) is 4.26. The van der Waals surface area contributed by atoms with E-state index in [1.54, 1.807) is 4.68 Å². The number of imidazole rings is 1. The number of fused-ring (bicyclic) bond motifs is 1. The van der Waals surface area contributed by atoms with E-state index in [9.17, 15) is 4.79 Å². The highest BCUT2D eigenvalue weighted by Gasteiger charge is 2.28. The zero-order valence-electron chi connectivity index (χ0n) is 12.8. The fourth-order valence-electron chi connectivity index (χ4n) is 3.15. The fourth-order valence-corrected chi connectivity index (χ4v) is 3.15. The molecular weight excluding hydrogens is 268 g/mol. The average Bonchev–Trinajstić information content (AvgIpc) is 3.15. The predicted molar refractivity (Wildman–Crippen MR) is 80.8 cm³/mol. The number of amides is 1. The van der Waals surface area contributed by atoms with Crippen molar-refractivity contribution < 1.29 is 4.79 Å². The second-order valence-corrected chi connectivity index (χ2v) is 5.64. The standard InChI is InChI=1S/C14H22N6O/c1-4-10-11-12(18(3)17-10)20(14(15)16-11)9(2)13(21)19-7-5-6-8-19/h9H,4-8H2,1-3H3,(H2,15,16). The number of carbonyl (C=O) groups is 1. The smallest absolute Gasteiger partial charge is 0.245 e. The molecule has 1 unspecified atom stereocenters. The summed E-state index contributed by atoms with van der Waals surface area (Å²) in [6, 6.07) is -0.354.